The van der Waals surface area contributed by atoms with Crippen LogP contribution in [-0.4, -0.2) is 18.6 Å². The Balaban J connectivity index is 2.31. The lowest BCUT2D eigenvalue weighted by Crippen LogP contribution is -2.51. The van der Waals surface area contributed by atoms with Gasteiger partial charge in [-0.1, -0.05) is 45.7 Å². The molecule has 0 bridgehead atoms. The summed E-state index contributed by atoms with van der Waals surface area (Å²) in [7, 11) is 0. The van der Waals surface area contributed by atoms with E-state index < -0.39 is 0 Å². The van der Waals surface area contributed by atoms with Gasteiger partial charge in [-0.05, 0) is 31.4 Å². The van der Waals surface area contributed by atoms with E-state index >= 15 is 0 Å². The number of hydrogen-bond donors (Lipinski definition) is 1. The number of benzene rings is 1. The quantitative estimate of drug-likeness (QED) is 0.800. The molecule has 19 heavy (non-hydrogen) atoms. The fourth-order valence-corrected chi connectivity index (χ4v) is 3.29. The minimum Gasteiger partial charge on any atom is -0.379 e. The van der Waals surface area contributed by atoms with Crippen molar-refractivity contribution in [1.82, 2.24) is 0 Å². The van der Waals surface area contributed by atoms with Crippen molar-refractivity contribution < 1.29 is 0 Å². The molecular formula is C17H28N2. The first-order valence-electron chi connectivity index (χ1n) is 7.94. The van der Waals surface area contributed by atoms with Gasteiger partial charge < -0.3 is 10.2 Å². The summed E-state index contributed by atoms with van der Waals surface area (Å²) in [4.78, 5) is 2.65. The summed E-state index contributed by atoms with van der Waals surface area (Å²) in [5.41, 5.74) is 2.72. The van der Waals surface area contributed by atoms with Crippen molar-refractivity contribution in [3.63, 3.8) is 0 Å². The molecule has 0 saturated heterocycles. The highest BCUT2D eigenvalue weighted by Gasteiger charge is 2.31. The summed E-state index contributed by atoms with van der Waals surface area (Å²) < 4.78 is 0. The van der Waals surface area contributed by atoms with Crippen LogP contribution in [0, 0.1) is 0 Å². The topological polar surface area (TPSA) is 15.3 Å². The van der Waals surface area contributed by atoms with Crippen molar-refractivity contribution in [2.24, 2.45) is 0 Å². The molecule has 1 aromatic carbocycles. The third kappa shape index (κ3) is 3.05. The first-order valence-corrected chi connectivity index (χ1v) is 7.94. The Morgan fingerprint density at radius 1 is 1.00 bits per heavy atom. The third-order valence-electron chi connectivity index (χ3n) is 4.07. The summed E-state index contributed by atoms with van der Waals surface area (Å²) in [5.74, 6) is 0. The van der Waals surface area contributed by atoms with E-state index in [1.807, 2.05) is 0 Å². The molecule has 1 aliphatic rings. The second-order valence-corrected chi connectivity index (χ2v) is 5.61. The summed E-state index contributed by atoms with van der Waals surface area (Å²) in [6, 6.07) is 10.0. The van der Waals surface area contributed by atoms with Gasteiger partial charge >= 0.3 is 0 Å². The van der Waals surface area contributed by atoms with Crippen molar-refractivity contribution in [3.8, 4) is 0 Å². The van der Waals surface area contributed by atoms with Crippen LogP contribution in [0.15, 0.2) is 24.3 Å². The van der Waals surface area contributed by atoms with Crippen LogP contribution in [0.5, 0.6) is 0 Å². The van der Waals surface area contributed by atoms with Gasteiger partial charge in [-0.2, -0.15) is 0 Å². The normalized spacial score (nSPS) is 21.9. The predicted octanol–water partition coefficient (Wildman–Crippen LogP) is 4.67. The Hall–Kier alpha value is -1.18. The van der Waals surface area contributed by atoms with Gasteiger partial charge in [0.05, 0.1) is 11.4 Å². The van der Waals surface area contributed by atoms with Crippen LogP contribution in [0.1, 0.15) is 52.9 Å². The molecule has 0 amide bonds. The Labute approximate surface area is 118 Å². The molecule has 1 aliphatic heterocycles. The first kappa shape index (κ1) is 14.2. The van der Waals surface area contributed by atoms with Crippen LogP contribution in [0.2, 0.25) is 0 Å². The van der Waals surface area contributed by atoms with Gasteiger partial charge in [-0.25, -0.2) is 0 Å². The zero-order valence-corrected chi connectivity index (χ0v) is 12.7. The largest absolute Gasteiger partial charge is 0.379 e. The lowest BCUT2D eigenvalue weighted by molar-refractivity contribution is 0.440. The number of rotatable bonds is 6. The molecular weight excluding hydrogens is 232 g/mol. The van der Waals surface area contributed by atoms with Crippen molar-refractivity contribution in [2.75, 3.05) is 16.8 Å². The highest BCUT2D eigenvalue weighted by molar-refractivity contribution is 5.73. The SMILES string of the molecule is CCCC1Nc2ccccc2N(CCC)C1CCC. The van der Waals surface area contributed by atoms with E-state index in [9.17, 15) is 0 Å². The molecule has 0 spiro atoms. The molecule has 2 rings (SSSR count). The molecule has 0 aromatic heterocycles. The summed E-state index contributed by atoms with van der Waals surface area (Å²) in [6.45, 7) is 8.04. The average Bonchev–Trinajstić information content (AvgIpc) is 2.43. The minimum absolute atomic E-state index is 0.603. The molecule has 1 N–H and O–H groups in total. The van der Waals surface area contributed by atoms with Crippen LogP contribution < -0.4 is 10.2 Å². The van der Waals surface area contributed by atoms with Gasteiger partial charge in [0.25, 0.3) is 0 Å². The number of nitrogens with one attached hydrogen (secondary N) is 1. The predicted molar refractivity (Wildman–Crippen MR) is 85.1 cm³/mol. The number of anilines is 2. The Morgan fingerprint density at radius 2 is 1.74 bits per heavy atom. The molecule has 0 radical (unpaired) electrons. The van der Waals surface area contributed by atoms with Crippen molar-refractivity contribution in [3.05, 3.63) is 24.3 Å². The van der Waals surface area contributed by atoms with Gasteiger partial charge in [0.15, 0.2) is 0 Å². The molecule has 2 heteroatoms. The maximum absolute atomic E-state index is 3.78. The first-order chi connectivity index (χ1) is 9.31. The maximum Gasteiger partial charge on any atom is 0.0605 e. The van der Waals surface area contributed by atoms with E-state index in [0.717, 1.165) is 0 Å². The zero-order valence-electron chi connectivity index (χ0n) is 12.7. The third-order valence-corrected chi connectivity index (χ3v) is 4.07. The Kier molecular flexibility index (Phi) is 5.12. The fraction of sp³-hybridized carbons (Fsp3) is 0.647. The monoisotopic (exact) mass is 260 g/mol. The molecule has 1 aromatic rings. The van der Waals surface area contributed by atoms with Crippen molar-refractivity contribution in [2.45, 2.75) is 65.0 Å². The Morgan fingerprint density at radius 3 is 2.42 bits per heavy atom. The van der Waals surface area contributed by atoms with E-state index in [0.29, 0.717) is 12.1 Å². The summed E-state index contributed by atoms with van der Waals surface area (Å²) in [6.07, 6.45) is 6.27. The molecule has 2 unspecified atom stereocenters. The lowest BCUT2D eigenvalue weighted by atomic mass is 9.93. The van der Waals surface area contributed by atoms with E-state index in [1.54, 1.807) is 0 Å². The van der Waals surface area contributed by atoms with E-state index in [-0.39, 0.29) is 0 Å². The van der Waals surface area contributed by atoms with Crippen LogP contribution in [0.25, 0.3) is 0 Å². The molecule has 106 valence electrons. The highest BCUT2D eigenvalue weighted by Crippen LogP contribution is 2.36. The molecule has 2 nitrogen and oxygen atoms in total. The zero-order chi connectivity index (χ0) is 13.7. The number of nitrogens with zero attached hydrogens (tertiary/aromatic N) is 1. The molecule has 1 heterocycles. The summed E-state index contributed by atoms with van der Waals surface area (Å²) in [5, 5.41) is 3.78. The molecule has 0 aliphatic carbocycles. The minimum atomic E-state index is 0.603. The van der Waals surface area contributed by atoms with E-state index in [1.165, 1.54) is 50.0 Å². The van der Waals surface area contributed by atoms with Crippen LogP contribution in [0.3, 0.4) is 0 Å². The average molecular weight is 260 g/mol. The second kappa shape index (κ2) is 6.83. The maximum atomic E-state index is 3.78. The molecule has 0 saturated carbocycles. The van der Waals surface area contributed by atoms with E-state index in [4.69, 9.17) is 0 Å². The van der Waals surface area contributed by atoms with Gasteiger partial charge in [-0.15, -0.1) is 0 Å². The molecule has 2 atom stereocenters. The highest BCUT2D eigenvalue weighted by atomic mass is 15.2. The van der Waals surface area contributed by atoms with Gasteiger partial charge in [0, 0.05) is 18.6 Å². The van der Waals surface area contributed by atoms with Gasteiger partial charge in [0.1, 0.15) is 0 Å². The number of para-hydroxylation sites is 2. The van der Waals surface area contributed by atoms with Gasteiger partial charge in [0.2, 0.25) is 0 Å². The van der Waals surface area contributed by atoms with Crippen molar-refractivity contribution >= 4 is 11.4 Å². The second-order valence-electron chi connectivity index (χ2n) is 5.61. The standard InChI is InChI=1S/C17H28N2/c1-4-9-14-16(10-5-2)19(13-6-3)17-12-8-7-11-15(17)18-14/h7-8,11-12,14,16,18H,4-6,9-10,13H2,1-3H3. The van der Waals surface area contributed by atoms with E-state index in [2.05, 4.69) is 55.3 Å². The van der Waals surface area contributed by atoms with Crippen LogP contribution >= 0.6 is 0 Å². The number of fused-ring (bicyclic) bond motifs is 1. The van der Waals surface area contributed by atoms with Crippen LogP contribution in [0.4, 0.5) is 11.4 Å². The van der Waals surface area contributed by atoms with Crippen molar-refractivity contribution in [1.29, 1.82) is 0 Å². The lowest BCUT2D eigenvalue weighted by Gasteiger charge is -2.45. The fourth-order valence-electron chi connectivity index (χ4n) is 3.29. The summed E-state index contributed by atoms with van der Waals surface area (Å²) >= 11 is 0. The Bertz CT molecular complexity index is 389. The van der Waals surface area contributed by atoms with Gasteiger partial charge in [-0.3, -0.25) is 0 Å². The number of hydrogen-bond acceptors (Lipinski definition) is 2. The smallest absolute Gasteiger partial charge is 0.0605 e. The molecule has 0 fully saturated rings. The van der Waals surface area contributed by atoms with Crippen LogP contribution in [-0.2, 0) is 0 Å².